The van der Waals surface area contributed by atoms with Crippen molar-refractivity contribution in [3.63, 3.8) is 0 Å². The summed E-state index contributed by atoms with van der Waals surface area (Å²) in [6, 6.07) is 2.37. The van der Waals surface area contributed by atoms with Crippen LogP contribution in [0.5, 0.6) is 0 Å². The topological polar surface area (TPSA) is 24.5 Å². The van der Waals surface area contributed by atoms with Crippen molar-refractivity contribution in [3.8, 4) is 0 Å². The molecule has 0 aromatic rings. The Bertz CT molecular complexity index is 256. The van der Waals surface area contributed by atoms with E-state index >= 15 is 0 Å². The molecule has 2 atom stereocenters. The largest absolute Gasteiger partial charge is 0.378 e. The SMILES string of the molecule is COC1CNCCC1N(C1CCCC1)C1CCCC1. The van der Waals surface area contributed by atoms with Gasteiger partial charge in [0.25, 0.3) is 0 Å². The molecule has 3 heteroatoms. The first kappa shape index (κ1) is 13.8. The molecule has 3 fully saturated rings. The van der Waals surface area contributed by atoms with Gasteiger partial charge < -0.3 is 10.1 Å². The molecule has 1 heterocycles. The van der Waals surface area contributed by atoms with E-state index in [1.165, 1.54) is 64.3 Å². The Morgan fingerprint density at radius 2 is 1.47 bits per heavy atom. The number of piperidine rings is 1. The van der Waals surface area contributed by atoms with Crippen LogP contribution in [0.2, 0.25) is 0 Å². The Kier molecular flexibility index (Phi) is 4.78. The average Bonchev–Trinajstić information content (AvgIpc) is 3.13. The third kappa shape index (κ3) is 2.98. The van der Waals surface area contributed by atoms with Crippen LogP contribution in [0.1, 0.15) is 57.8 Å². The number of hydrogen-bond acceptors (Lipinski definition) is 3. The van der Waals surface area contributed by atoms with Gasteiger partial charge in [0.15, 0.2) is 0 Å². The Balaban J connectivity index is 1.75. The fraction of sp³-hybridized carbons (Fsp3) is 1.00. The summed E-state index contributed by atoms with van der Waals surface area (Å²) in [5.74, 6) is 0. The molecule has 110 valence electrons. The summed E-state index contributed by atoms with van der Waals surface area (Å²) < 4.78 is 5.80. The molecular weight excluding hydrogens is 236 g/mol. The molecule has 0 aromatic heterocycles. The molecule has 0 bridgehead atoms. The zero-order valence-corrected chi connectivity index (χ0v) is 12.4. The van der Waals surface area contributed by atoms with Crippen LogP contribution in [0.3, 0.4) is 0 Å². The third-order valence-electron chi connectivity index (χ3n) is 5.57. The fourth-order valence-corrected chi connectivity index (χ4v) is 4.64. The minimum atomic E-state index is 0.398. The zero-order chi connectivity index (χ0) is 13.1. The first-order valence-electron chi connectivity index (χ1n) is 8.41. The molecule has 0 radical (unpaired) electrons. The molecule has 2 saturated carbocycles. The number of rotatable bonds is 4. The maximum Gasteiger partial charge on any atom is 0.0851 e. The Hall–Kier alpha value is -0.120. The Morgan fingerprint density at radius 3 is 2.00 bits per heavy atom. The summed E-state index contributed by atoms with van der Waals surface area (Å²) >= 11 is 0. The highest BCUT2D eigenvalue weighted by Crippen LogP contribution is 2.35. The van der Waals surface area contributed by atoms with Gasteiger partial charge in [0.1, 0.15) is 0 Å². The van der Waals surface area contributed by atoms with Crippen LogP contribution in [-0.2, 0) is 4.74 Å². The van der Waals surface area contributed by atoms with Crippen LogP contribution < -0.4 is 5.32 Å². The van der Waals surface area contributed by atoms with Crippen molar-refractivity contribution in [3.05, 3.63) is 0 Å². The molecule has 0 amide bonds. The monoisotopic (exact) mass is 266 g/mol. The van der Waals surface area contributed by atoms with E-state index in [1.807, 2.05) is 7.11 Å². The summed E-state index contributed by atoms with van der Waals surface area (Å²) in [7, 11) is 1.89. The van der Waals surface area contributed by atoms with Crippen LogP contribution >= 0.6 is 0 Å². The maximum atomic E-state index is 5.80. The molecule has 0 spiro atoms. The quantitative estimate of drug-likeness (QED) is 0.846. The van der Waals surface area contributed by atoms with E-state index in [2.05, 4.69) is 10.2 Å². The van der Waals surface area contributed by atoms with E-state index in [9.17, 15) is 0 Å². The lowest BCUT2D eigenvalue weighted by atomic mass is 9.95. The normalized spacial score (nSPS) is 34.4. The maximum absolute atomic E-state index is 5.80. The molecule has 1 N–H and O–H groups in total. The predicted molar refractivity (Wildman–Crippen MR) is 78.4 cm³/mol. The molecule has 0 aromatic carbocycles. The molecule has 2 unspecified atom stereocenters. The molecule has 19 heavy (non-hydrogen) atoms. The van der Waals surface area contributed by atoms with Gasteiger partial charge in [-0.05, 0) is 38.6 Å². The van der Waals surface area contributed by atoms with E-state index < -0.39 is 0 Å². The van der Waals surface area contributed by atoms with Gasteiger partial charge in [-0.2, -0.15) is 0 Å². The van der Waals surface area contributed by atoms with E-state index in [1.54, 1.807) is 0 Å². The smallest absolute Gasteiger partial charge is 0.0851 e. The van der Waals surface area contributed by atoms with Crippen molar-refractivity contribution >= 4 is 0 Å². The molecule has 1 saturated heterocycles. The third-order valence-corrected chi connectivity index (χ3v) is 5.57. The lowest BCUT2D eigenvalue weighted by Gasteiger charge is -2.46. The van der Waals surface area contributed by atoms with E-state index in [0.29, 0.717) is 12.1 Å². The summed E-state index contributed by atoms with van der Waals surface area (Å²) in [5, 5.41) is 3.50. The van der Waals surface area contributed by atoms with Gasteiger partial charge in [-0.3, -0.25) is 4.90 Å². The summed E-state index contributed by atoms with van der Waals surface area (Å²) in [6.45, 7) is 2.21. The van der Waals surface area contributed by atoms with Gasteiger partial charge in [0, 0.05) is 31.8 Å². The minimum absolute atomic E-state index is 0.398. The van der Waals surface area contributed by atoms with Crippen LogP contribution in [0, 0.1) is 0 Å². The first-order chi connectivity index (χ1) is 9.40. The van der Waals surface area contributed by atoms with E-state index in [-0.39, 0.29) is 0 Å². The van der Waals surface area contributed by atoms with Crippen molar-refractivity contribution < 1.29 is 4.74 Å². The van der Waals surface area contributed by atoms with Crippen LogP contribution in [0.15, 0.2) is 0 Å². The molecule has 3 rings (SSSR count). The predicted octanol–water partition coefficient (Wildman–Crippen LogP) is 2.55. The van der Waals surface area contributed by atoms with Crippen LogP contribution in [-0.4, -0.2) is 49.3 Å². The highest BCUT2D eigenvalue weighted by Gasteiger charge is 2.39. The second-order valence-corrected chi connectivity index (χ2v) is 6.66. The minimum Gasteiger partial charge on any atom is -0.378 e. The number of nitrogens with zero attached hydrogens (tertiary/aromatic N) is 1. The summed E-state index contributed by atoms with van der Waals surface area (Å²) in [5.41, 5.74) is 0. The van der Waals surface area contributed by atoms with Crippen molar-refractivity contribution in [2.24, 2.45) is 0 Å². The molecule has 2 aliphatic carbocycles. The highest BCUT2D eigenvalue weighted by molar-refractivity contribution is 4.95. The molecule has 3 aliphatic rings. The van der Waals surface area contributed by atoms with Crippen molar-refractivity contribution in [1.29, 1.82) is 0 Å². The van der Waals surface area contributed by atoms with Gasteiger partial charge >= 0.3 is 0 Å². The highest BCUT2D eigenvalue weighted by atomic mass is 16.5. The van der Waals surface area contributed by atoms with Crippen LogP contribution in [0.4, 0.5) is 0 Å². The second kappa shape index (κ2) is 6.55. The van der Waals surface area contributed by atoms with Gasteiger partial charge in [-0.1, -0.05) is 25.7 Å². The van der Waals surface area contributed by atoms with Crippen molar-refractivity contribution in [2.45, 2.75) is 82.0 Å². The van der Waals surface area contributed by atoms with Gasteiger partial charge in [-0.25, -0.2) is 0 Å². The Labute approximate surface area is 118 Å². The summed E-state index contributed by atoms with van der Waals surface area (Å²) in [4.78, 5) is 2.93. The second-order valence-electron chi connectivity index (χ2n) is 6.66. The van der Waals surface area contributed by atoms with Crippen LogP contribution in [0.25, 0.3) is 0 Å². The molecule has 1 aliphatic heterocycles. The lowest BCUT2D eigenvalue weighted by Crippen LogP contribution is -2.58. The first-order valence-corrected chi connectivity index (χ1v) is 8.41. The van der Waals surface area contributed by atoms with E-state index in [4.69, 9.17) is 4.74 Å². The fourth-order valence-electron chi connectivity index (χ4n) is 4.64. The average molecular weight is 266 g/mol. The van der Waals surface area contributed by atoms with Crippen molar-refractivity contribution in [1.82, 2.24) is 10.2 Å². The standard InChI is InChI=1S/C16H30N2O/c1-19-16-12-17-11-10-15(16)18(13-6-2-3-7-13)14-8-4-5-9-14/h13-17H,2-12H2,1H3. The van der Waals surface area contributed by atoms with Crippen molar-refractivity contribution in [2.75, 3.05) is 20.2 Å². The number of hydrogen-bond donors (Lipinski definition) is 1. The lowest BCUT2D eigenvalue weighted by molar-refractivity contribution is -0.0373. The van der Waals surface area contributed by atoms with Gasteiger partial charge in [0.05, 0.1) is 6.10 Å². The molecule has 3 nitrogen and oxygen atoms in total. The molecular formula is C16H30N2O. The number of ether oxygens (including phenoxy) is 1. The number of methoxy groups -OCH3 is 1. The summed E-state index contributed by atoms with van der Waals surface area (Å²) in [6.07, 6.45) is 13.1. The Morgan fingerprint density at radius 1 is 0.895 bits per heavy atom. The van der Waals surface area contributed by atoms with Gasteiger partial charge in [0.2, 0.25) is 0 Å². The van der Waals surface area contributed by atoms with Gasteiger partial charge in [-0.15, -0.1) is 0 Å². The zero-order valence-electron chi connectivity index (χ0n) is 12.4. The number of nitrogens with one attached hydrogen (secondary N) is 1. The van der Waals surface area contributed by atoms with E-state index in [0.717, 1.165) is 18.6 Å².